The number of hydrogen-bond donors (Lipinski definition) is 1. The quantitative estimate of drug-likeness (QED) is 0.427. The largest absolute Gasteiger partial charge is 0.481 e. The molecule has 0 aromatic rings. The van der Waals surface area contributed by atoms with Crippen molar-refractivity contribution >= 4 is 5.97 Å². The number of aliphatic carboxylic acids is 1. The van der Waals surface area contributed by atoms with E-state index >= 15 is 0 Å². The Labute approximate surface area is 126 Å². The van der Waals surface area contributed by atoms with Crippen LogP contribution in [0.2, 0.25) is 0 Å². The Morgan fingerprint density at radius 2 is 1.60 bits per heavy atom. The molecule has 0 fully saturated rings. The zero-order chi connectivity index (χ0) is 15.4. The summed E-state index contributed by atoms with van der Waals surface area (Å²) in [7, 11) is 0. The van der Waals surface area contributed by atoms with Crippen molar-refractivity contribution in [2.45, 2.75) is 91.9 Å². The van der Waals surface area contributed by atoms with Crippen molar-refractivity contribution in [1.82, 2.24) is 0 Å². The van der Waals surface area contributed by atoms with E-state index in [9.17, 15) is 9.90 Å². The van der Waals surface area contributed by atoms with Gasteiger partial charge in [0, 0.05) is 0 Å². The van der Waals surface area contributed by atoms with E-state index in [-0.39, 0.29) is 5.92 Å². The molecule has 0 saturated carbocycles. The van der Waals surface area contributed by atoms with Crippen LogP contribution in [0.15, 0.2) is 0 Å². The predicted molar refractivity (Wildman–Crippen MR) is 87.0 cm³/mol. The highest BCUT2D eigenvalue weighted by atomic mass is 16.4. The van der Waals surface area contributed by atoms with Gasteiger partial charge in [0.15, 0.2) is 0 Å². The molecule has 0 amide bonds. The van der Waals surface area contributed by atoms with E-state index < -0.39 is 5.97 Å². The highest BCUT2D eigenvalue weighted by Crippen LogP contribution is 2.27. The molecular weight excluding hydrogens is 248 g/mol. The van der Waals surface area contributed by atoms with Gasteiger partial charge < -0.3 is 5.11 Å². The lowest BCUT2D eigenvalue weighted by Crippen LogP contribution is -2.18. The van der Waals surface area contributed by atoms with Crippen LogP contribution < -0.4 is 0 Å². The van der Waals surface area contributed by atoms with Crippen molar-refractivity contribution in [2.24, 2.45) is 17.8 Å². The monoisotopic (exact) mass is 284 g/mol. The van der Waals surface area contributed by atoms with Gasteiger partial charge in [0.25, 0.3) is 0 Å². The van der Waals surface area contributed by atoms with Gasteiger partial charge in [-0.15, -0.1) is 0 Å². The average molecular weight is 284 g/mol. The predicted octanol–water partition coefficient (Wildman–Crippen LogP) is 5.90. The number of carboxylic acids is 1. The fourth-order valence-electron chi connectivity index (χ4n) is 2.99. The van der Waals surface area contributed by atoms with Gasteiger partial charge in [0.1, 0.15) is 0 Å². The van der Waals surface area contributed by atoms with Crippen molar-refractivity contribution in [3.8, 4) is 0 Å². The molecular formula is C18H36O2. The van der Waals surface area contributed by atoms with E-state index in [0.29, 0.717) is 11.8 Å². The SMILES string of the molecule is CCCCCC(CCC)CC(CCCC(C)C)C(=O)O. The second-order valence-corrected chi connectivity index (χ2v) is 6.75. The second-order valence-electron chi connectivity index (χ2n) is 6.75. The third kappa shape index (κ3) is 10.3. The molecule has 0 aliphatic heterocycles. The summed E-state index contributed by atoms with van der Waals surface area (Å²) in [5.74, 6) is 0.601. The van der Waals surface area contributed by atoms with Gasteiger partial charge in [-0.2, -0.15) is 0 Å². The van der Waals surface area contributed by atoms with Crippen molar-refractivity contribution < 1.29 is 9.90 Å². The van der Waals surface area contributed by atoms with Crippen LogP contribution in [0.5, 0.6) is 0 Å². The van der Waals surface area contributed by atoms with Crippen LogP contribution in [0, 0.1) is 17.8 Å². The standard InChI is InChI=1S/C18H36O2/c1-5-7-8-12-16(10-6-2)14-17(18(19)20)13-9-11-15(3)4/h15-17H,5-14H2,1-4H3,(H,19,20). The van der Waals surface area contributed by atoms with Crippen LogP contribution in [0.4, 0.5) is 0 Å². The van der Waals surface area contributed by atoms with Gasteiger partial charge in [0.2, 0.25) is 0 Å². The Morgan fingerprint density at radius 3 is 2.10 bits per heavy atom. The Hall–Kier alpha value is -0.530. The summed E-state index contributed by atoms with van der Waals surface area (Å²) in [5.41, 5.74) is 0. The van der Waals surface area contributed by atoms with Crippen molar-refractivity contribution in [3.05, 3.63) is 0 Å². The smallest absolute Gasteiger partial charge is 0.306 e. The zero-order valence-electron chi connectivity index (χ0n) is 14.2. The van der Waals surface area contributed by atoms with Gasteiger partial charge >= 0.3 is 5.97 Å². The summed E-state index contributed by atoms with van der Waals surface area (Å²) in [6.45, 7) is 8.85. The molecule has 0 spiro atoms. The second kappa shape index (κ2) is 12.2. The van der Waals surface area contributed by atoms with E-state index in [2.05, 4.69) is 27.7 Å². The summed E-state index contributed by atoms with van der Waals surface area (Å²) in [5, 5.41) is 9.43. The molecule has 0 saturated heterocycles. The lowest BCUT2D eigenvalue weighted by Gasteiger charge is -2.21. The van der Waals surface area contributed by atoms with Gasteiger partial charge in [0.05, 0.1) is 5.92 Å². The highest BCUT2D eigenvalue weighted by molar-refractivity contribution is 5.69. The topological polar surface area (TPSA) is 37.3 Å². The molecule has 2 atom stereocenters. The molecule has 0 bridgehead atoms. The molecule has 0 aliphatic carbocycles. The van der Waals surface area contributed by atoms with Gasteiger partial charge in [-0.25, -0.2) is 0 Å². The Morgan fingerprint density at radius 1 is 0.900 bits per heavy atom. The molecule has 0 aromatic carbocycles. The van der Waals surface area contributed by atoms with Gasteiger partial charge in [-0.1, -0.05) is 79.1 Å². The van der Waals surface area contributed by atoms with Crippen molar-refractivity contribution in [1.29, 1.82) is 0 Å². The zero-order valence-corrected chi connectivity index (χ0v) is 14.2. The molecule has 2 unspecified atom stereocenters. The van der Waals surface area contributed by atoms with Crippen LogP contribution >= 0.6 is 0 Å². The van der Waals surface area contributed by atoms with E-state index in [1.807, 2.05) is 0 Å². The van der Waals surface area contributed by atoms with Crippen molar-refractivity contribution in [3.63, 3.8) is 0 Å². The molecule has 120 valence electrons. The number of carbonyl (C=O) groups is 1. The van der Waals surface area contributed by atoms with E-state index in [1.54, 1.807) is 0 Å². The Balaban J connectivity index is 4.22. The lowest BCUT2D eigenvalue weighted by atomic mass is 9.84. The molecule has 2 nitrogen and oxygen atoms in total. The van der Waals surface area contributed by atoms with Crippen LogP contribution in [0.1, 0.15) is 91.9 Å². The fourth-order valence-corrected chi connectivity index (χ4v) is 2.99. The minimum atomic E-state index is -0.578. The first-order valence-electron chi connectivity index (χ1n) is 8.73. The third-order valence-electron chi connectivity index (χ3n) is 4.21. The molecule has 2 heteroatoms. The summed E-state index contributed by atoms with van der Waals surface area (Å²) in [4.78, 5) is 11.4. The molecule has 20 heavy (non-hydrogen) atoms. The first-order valence-corrected chi connectivity index (χ1v) is 8.73. The number of unbranched alkanes of at least 4 members (excludes halogenated alkanes) is 2. The normalized spacial score (nSPS) is 14.4. The molecule has 0 aliphatic rings. The Kier molecular flexibility index (Phi) is 11.9. The van der Waals surface area contributed by atoms with E-state index in [4.69, 9.17) is 0 Å². The highest BCUT2D eigenvalue weighted by Gasteiger charge is 2.21. The number of hydrogen-bond acceptors (Lipinski definition) is 1. The minimum absolute atomic E-state index is 0.119. The fraction of sp³-hybridized carbons (Fsp3) is 0.944. The van der Waals surface area contributed by atoms with Crippen LogP contribution in [-0.4, -0.2) is 11.1 Å². The summed E-state index contributed by atoms with van der Waals surface area (Å²) in [6, 6.07) is 0. The first-order chi connectivity index (χ1) is 9.51. The molecule has 0 radical (unpaired) electrons. The summed E-state index contributed by atoms with van der Waals surface area (Å²) < 4.78 is 0. The summed E-state index contributed by atoms with van der Waals surface area (Å²) >= 11 is 0. The lowest BCUT2D eigenvalue weighted by molar-refractivity contribution is -0.142. The van der Waals surface area contributed by atoms with Gasteiger partial charge in [-0.05, 0) is 24.7 Å². The van der Waals surface area contributed by atoms with E-state index in [0.717, 1.165) is 25.7 Å². The maximum absolute atomic E-state index is 11.4. The maximum atomic E-state index is 11.4. The molecule has 0 rings (SSSR count). The van der Waals surface area contributed by atoms with Crippen LogP contribution in [0.25, 0.3) is 0 Å². The maximum Gasteiger partial charge on any atom is 0.306 e. The van der Waals surface area contributed by atoms with Gasteiger partial charge in [-0.3, -0.25) is 4.79 Å². The minimum Gasteiger partial charge on any atom is -0.481 e. The number of carboxylic acid groups (broad SMARTS) is 1. The third-order valence-corrected chi connectivity index (χ3v) is 4.21. The molecule has 0 heterocycles. The molecule has 1 N–H and O–H groups in total. The molecule has 0 aromatic heterocycles. The summed E-state index contributed by atoms with van der Waals surface area (Å²) in [6.07, 6.45) is 11.3. The first kappa shape index (κ1) is 19.5. The van der Waals surface area contributed by atoms with Crippen molar-refractivity contribution in [2.75, 3.05) is 0 Å². The Bertz CT molecular complexity index is 236. The average Bonchev–Trinajstić information content (AvgIpc) is 2.37. The van der Waals surface area contributed by atoms with E-state index in [1.165, 1.54) is 38.5 Å². The van der Waals surface area contributed by atoms with Crippen LogP contribution in [-0.2, 0) is 4.79 Å². The van der Waals surface area contributed by atoms with Crippen LogP contribution in [0.3, 0.4) is 0 Å². The number of rotatable bonds is 13.